The summed E-state index contributed by atoms with van der Waals surface area (Å²) in [6.45, 7) is 2.04. The highest BCUT2D eigenvalue weighted by Gasteiger charge is 2.26. The molecule has 3 rings (SSSR count). The van der Waals surface area contributed by atoms with Crippen molar-refractivity contribution in [2.45, 2.75) is 0 Å². The Balaban J connectivity index is 1.79. The summed E-state index contributed by atoms with van der Waals surface area (Å²) >= 11 is 0. The standard InChI is InChI=1S/C16H14FN5O2/c17-13-3-1-4-14(12(13)11-18)20-7-9-21(10-8-20)16-15(22(23)24)5-2-6-19-16/h1-6H,7-10H2. The molecule has 1 aliphatic heterocycles. The maximum atomic E-state index is 13.7. The van der Waals surface area contributed by atoms with E-state index in [2.05, 4.69) is 4.98 Å². The second-order valence-electron chi connectivity index (χ2n) is 5.32. The molecular weight excluding hydrogens is 313 g/mol. The van der Waals surface area contributed by atoms with Crippen molar-refractivity contribution >= 4 is 17.2 Å². The SMILES string of the molecule is N#Cc1c(F)cccc1N1CCN(c2ncccc2[N+](=O)[O-])CC1. The van der Waals surface area contributed by atoms with Gasteiger partial charge >= 0.3 is 5.69 Å². The molecule has 0 amide bonds. The van der Waals surface area contributed by atoms with Crippen LogP contribution in [0.5, 0.6) is 0 Å². The molecule has 1 aromatic carbocycles. The predicted molar refractivity (Wildman–Crippen MR) is 86.4 cm³/mol. The zero-order valence-electron chi connectivity index (χ0n) is 12.7. The lowest BCUT2D eigenvalue weighted by atomic mass is 10.1. The first-order valence-corrected chi connectivity index (χ1v) is 7.39. The Kier molecular flexibility index (Phi) is 4.24. The third kappa shape index (κ3) is 2.84. The van der Waals surface area contributed by atoms with E-state index in [4.69, 9.17) is 5.26 Å². The highest BCUT2D eigenvalue weighted by molar-refractivity contribution is 5.62. The zero-order valence-corrected chi connectivity index (χ0v) is 12.7. The normalized spacial score (nSPS) is 14.3. The van der Waals surface area contributed by atoms with E-state index in [0.29, 0.717) is 37.7 Å². The third-order valence-electron chi connectivity index (χ3n) is 3.99. The molecule has 1 fully saturated rings. The van der Waals surface area contributed by atoms with E-state index in [1.165, 1.54) is 24.4 Å². The van der Waals surface area contributed by atoms with Crippen LogP contribution in [0, 0.1) is 27.3 Å². The monoisotopic (exact) mass is 327 g/mol. The molecule has 0 aliphatic carbocycles. The lowest BCUT2D eigenvalue weighted by molar-refractivity contribution is -0.384. The molecule has 0 atom stereocenters. The lowest BCUT2D eigenvalue weighted by Gasteiger charge is -2.36. The summed E-state index contributed by atoms with van der Waals surface area (Å²) in [5, 5.41) is 20.3. The predicted octanol–water partition coefficient (Wildman–Crippen LogP) is 2.33. The van der Waals surface area contributed by atoms with Crippen LogP contribution in [0.1, 0.15) is 5.56 Å². The molecule has 24 heavy (non-hydrogen) atoms. The van der Waals surface area contributed by atoms with E-state index in [-0.39, 0.29) is 11.3 Å². The molecule has 0 N–H and O–H groups in total. The van der Waals surface area contributed by atoms with Crippen LogP contribution in [0.3, 0.4) is 0 Å². The Morgan fingerprint density at radius 1 is 1.17 bits per heavy atom. The first-order chi connectivity index (χ1) is 11.6. The van der Waals surface area contributed by atoms with E-state index < -0.39 is 10.7 Å². The number of benzene rings is 1. The van der Waals surface area contributed by atoms with Crippen LogP contribution in [0.25, 0.3) is 0 Å². The van der Waals surface area contributed by atoms with Crippen LogP contribution < -0.4 is 9.80 Å². The minimum atomic E-state index is -0.544. The van der Waals surface area contributed by atoms with Gasteiger partial charge in [-0.3, -0.25) is 10.1 Å². The molecule has 122 valence electrons. The summed E-state index contributed by atoms with van der Waals surface area (Å²) in [6, 6.07) is 9.39. The summed E-state index contributed by atoms with van der Waals surface area (Å²) in [4.78, 5) is 18.5. The van der Waals surface area contributed by atoms with Crippen molar-refractivity contribution in [2.24, 2.45) is 0 Å². The molecule has 0 spiro atoms. The van der Waals surface area contributed by atoms with Crippen LogP contribution in [0.15, 0.2) is 36.5 Å². The number of nitriles is 1. The van der Waals surface area contributed by atoms with E-state index in [1.54, 1.807) is 12.1 Å². The number of piperazine rings is 1. The number of anilines is 2. The largest absolute Gasteiger partial charge is 0.367 e. The van der Waals surface area contributed by atoms with Gasteiger partial charge in [-0.25, -0.2) is 9.37 Å². The van der Waals surface area contributed by atoms with Crippen LogP contribution in [-0.2, 0) is 0 Å². The zero-order chi connectivity index (χ0) is 17.1. The number of nitro groups is 1. The average molecular weight is 327 g/mol. The molecule has 0 radical (unpaired) electrons. The van der Waals surface area contributed by atoms with Crippen LogP contribution >= 0.6 is 0 Å². The van der Waals surface area contributed by atoms with Crippen molar-refractivity contribution in [1.29, 1.82) is 5.26 Å². The van der Waals surface area contributed by atoms with Gasteiger partial charge in [0.2, 0.25) is 5.82 Å². The molecule has 7 nitrogen and oxygen atoms in total. The first kappa shape index (κ1) is 15.7. The first-order valence-electron chi connectivity index (χ1n) is 7.39. The molecule has 2 aromatic rings. The molecule has 0 bridgehead atoms. The third-order valence-corrected chi connectivity index (χ3v) is 3.99. The number of pyridine rings is 1. The fourth-order valence-corrected chi connectivity index (χ4v) is 2.82. The topological polar surface area (TPSA) is 86.3 Å². The molecule has 1 aliphatic rings. The quantitative estimate of drug-likeness (QED) is 0.635. The fraction of sp³-hybridized carbons (Fsp3) is 0.250. The van der Waals surface area contributed by atoms with Gasteiger partial charge in [0.05, 0.1) is 10.6 Å². The second kappa shape index (κ2) is 6.50. The highest BCUT2D eigenvalue weighted by atomic mass is 19.1. The molecule has 0 unspecified atom stereocenters. The maximum Gasteiger partial charge on any atom is 0.311 e. The Morgan fingerprint density at radius 2 is 1.88 bits per heavy atom. The van der Waals surface area contributed by atoms with Crippen LogP contribution in [0.4, 0.5) is 21.6 Å². The molecule has 1 aromatic heterocycles. The number of halogens is 1. The number of rotatable bonds is 3. The maximum absolute atomic E-state index is 13.7. The van der Waals surface area contributed by atoms with Gasteiger partial charge in [0.25, 0.3) is 0 Å². The van der Waals surface area contributed by atoms with Gasteiger partial charge in [0.15, 0.2) is 0 Å². The van der Waals surface area contributed by atoms with E-state index in [0.717, 1.165) is 0 Å². The van der Waals surface area contributed by atoms with Gasteiger partial charge in [0, 0.05) is 38.4 Å². The minimum absolute atomic E-state index is 0.0229. The summed E-state index contributed by atoms with van der Waals surface area (Å²) in [7, 11) is 0. The molecule has 1 saturated heterocycles. The van der Waals surface area contributed by atoms with Crippen molar-refractivity contribution in [3.05, 3.63) is 58.0 Å². The van der Waals surface area contributed by atoms with Crippen LogP contribution in [-0.4, -0.2) is 36.1 Å². The highest BCUT2D eigenvalue weighted by Crippen LogP contribution is 2.28. The Labute approximate surface area is 137 Å². The van der Waals surface area contributed by atoms with E-state index in [1.807, 2.05) is 15.9 Å². The van der Waals surface area contributed by atoms with Gasteiger partial charge in [-0.05, 0) is 18.2 Å². The van der Waals surface area contributed by atoms with Gasteiger partial charge in [-0.2, -0.15) is 5.26 Å². The number of hydrogen-bond donors (Lipinski definition) is 0. The second-order valence-corrected chi connectivity index (χ2v) is 5.32. The van der Waals surface area contributed by atoms with Crippen LogP contribution in [0.2, 0.25) is 0 Å². The van der Waals surface area contributed by atoms with E-state index in [9.17, 15) is 14.5 Å². The van der Waals surface area contributed by atoms with Gasteiger partial charge in [-0.15, -0.1) is 0 Å². The van der Waals surface area contributed by atoms with Crippen molar-refractivity contribution < 1.29 is 9.31 Å². The van der Waals surface area contributed by atoms with Gasteiger partial charge in [0.1, 0.15) is 17.4 Å². The fourth-order valence-electron chi connectivity index (χ4n) is 2.82. The number of hydrogen-bond acceptors (Lipinski definition) is 6. The Bertz CT molecular complexity index is 812. The van der Waals surface area contributed by atoms with Crippen molar-refractivity contribution in [1.82, 2.24) is 4.98 Å². The summed E-state index contributed by atoms with van der Waals surface area (Å²) in [5.41, 5.74) is 0.539. The summed E-state index contributed by atoms with van der Waals surface area (Å²) in [6.07, 6.45) is 1.52. The summed E-state index contributed by atoms with van der Waals surface area (Å²) in [5.74, 6) is -0.209. The molecular formula is C16H14FN5O2. The molecule has 2 heterocycles. The minimum Gasteiger partial charge on any atom is -0.367 e. The average Bonchev–Trinajstić information content (AvgIpc) is 2.61. The lowest BCUT2D eigenvalue weighted by Crippen LogP contribution is -2.47. The van der Waals surface area contributed by atoms with Crippen molar-refractivity contribution in [3.8, 4) is 6.07 Å². The summed E-state index contributed by atoms with van der Waals surface area (Å²) < 4.78 is 13.7. The molecule has 8 heteroatoms. The van der Waals surface area contributed by atoms with E-state index >= 15 is 0 Å². The Morgan fingerprint density at radius 3 is 2.54 bits per heavy atom. The Hall–Kier alpha value is -3.21. The van der Waals surface area contributed by atoms with Crippen molar-refractivity contribution in [3.63, 3.8) is 0 Å². The van der Waals surface area contributed by atoms with Crippen molar-refractivity contribution in [2.75, 3.05) is 36.0 Å². The van der Waals surface area contributed by atoms with Gasteiger partial charge in [-0.1, -0.05) is 6.07 Å². The molecule has 0 saturated carbocycles. The number of aromatic nitrogens is 1. The smallest absolute Gasteiger partial charge is 0.311 e. The van der Waals surface area contributed by atoms with Gasteiger partial charge < -0.3 is 9.80 Å². The number of nitrogens with zero attached hydrogens (tertiary/aromatic N) is 5.